The normalized spacial score (nSPS) is 10.6. The van der Waals surface area contributed by atoms with Crippen LogP contribution in [0, 0.1) is 11.6 Å². The van der Waals surface area contributed by atoms with E-state index in [-0.39, 0.29) is 11.6 Å². The van der Waals surface area contributed by atoms with Crippen molar-refractivity contribution >= 4 is 11.6 Å². The zero-order chi connectivity index (χ0) is 15.1. The molecule has 2 aromatic heterocycles. The lowest BCUT2D eigenvalue weighted by Crippen LogP contribution is -2.10. The Bertz CT molecular complexity index is 557. The average molecular weight is 295 g/mol. The van der Waals surface area contributed by atoms with Gasteiger partial charge in [0.2, 0.25) is 0 Å². The minimum atomic E-state index is -0.681. The molecule has 0 fully saturated rings. The van der Waals surface area contributed by atoms with Crippen molar-refractivity contribution in [1.29, 1.82) is 0 Å². The predicted molar refractivity (Wildman–Crippen MR) is 78.3 cm³/mol. The molecule has 0 aliphatic heterocycles. The molecule has 0 saturated carbocycles. The highest BCUT2D eigenvalue weighted by Crippen LogP contribution is 2.18. The molecule has 2 rings (SSSR count). The summed E-state index contributed by atoms with van der Waals surface area (Å²) in [7, 11) is 0. The molecule has 2 aromatic rings. The molecule has 0 atom stereocenters. The summed E-state index contributed by atoms with van der Waals surface area (Å²) in [5.41, 5.74) is 0. The number of anilines is 2. The number of nitrogens with zero attached hydrogens (tertiary/aromatic N) is 3. The van der Waals surface area contributed by atoms with Crippen LogP contribution in [0.4, 0.5) is 20.4 Å². The van der Waals surface area contributed by atoms with Gasteiger partial charge < -0.3 is 15.2 Å². The molecule has 114 valence electrons. The number of aromatic nitrogens is 3. The van der Waals surface area contributed by atoms with Gasteiger partial charge in [-0.05, 0) is 19.8 Å². The molecular weight excluding hydrogens is 276 g/mol. The Morgan fingerprint density at radius 1 is 1.14 bits per heavy atom. The number of aryl methyl sites for hydroxylation is 1. The van der Waals surface area contributed by atoms with Gasteiger partial charge in [-0.1, -0.05) is 0 Å². The van der Waals surface area contributed by atoms with Crippen LogP contribution in [-0.4, -0.2) is 27.6 Å². The van der Waals surface area contributed by atoms with Crippen LogP contribution in [0.5, 0.6) is 0 Å². The number of pyridine rings is 1. The summed E-state index contributed by atoms with van der Waals surface area (Å²) >= 11 is 0. The van der Waals surface area contributed by atoms with Gasteiger partial charge >= 0.3 is 0 Å². The molecule has 0 radical (unpaired) electrons. The molecule has 21 heavy (non-hydrogen) atoms. The van der Waals surface area contributed by atoms with Gasteiger partial charge in [0.05, 0.1) is 6.33 Å². The Balaban J connectivity index is 1.80. The van der Waals surface area contributed by atoms with Crippen molar-refractivity contribution in [3.63, 3.8) is 0 Å². The van der Waals surface area contributed by atoms with Crippen LogP contribution in [0.1, 0.15) is 19.8 Å². The van der Waals surface area contributed by atoms with Crippen LogP contribution in [0.25, 0.3) is 0 Å². The second kappa shape index (κ2) is 7.56. The van der Waals surface area contributed by atoms with Crippen molar-refractivity contribution in [2.45, 2.75) is 26.3 Å². The molecule has 0 amide bonds. The fraction of sp³-hybridized carbons (Fsp3) is 0.429. The van der Waals surface area contributed by atoms with E-state index in [4.69, 9.17) is 0 Å². The molecule has 7 heteroatoms. The second-order valence-electron chi connectivity index (χ2n) is 4.61. The van der Waals surface area contributed by atoms with E-state index in [0.717, 1.165) is 25.5 Å². The number of unbranched alkanes of at least 4 members (excludes halogenated alkanes) is 1. The van der Waals surface area contributed by atoms with E-state index >= 15 is 0 Å². The fourth-order valence-corrected chi connectivity index (χ4v) is 1.93. The van der Waals surface area contributed by atoms with E-state index in [2.05, 4.69) is 20.6 Å². The second-order valence-corrected chi connectivity index (χ2v) is 4.61. The lowest BCUT2D eigenvalue weighted by atomic mass is 10.3. The number of rotatable bonds is 8. The summed E-state index contributed by atoms with van der Waals surface area (Å²) in [6, 6.07) is 0.846. The first-order chi connectivity index (χ1) is 10.2. The van der Waals surface area contributed by atoms with Gasteiger partial charge in [-0.3, -0.25) is 0 Å². The average Bonchev–Trinajstić information content (AvgIpc) is 2.96. The molecule has 0 saturated heterocycles. The predicted octanol–water partition coefficient (Wildman–Crippen LogP) is 2.88. The van der Waals surface area contributed by atoms with Gasteiger partial charge in [0, 0.05) is 38.1 Å². The summed E-state index contributed by atoms with van der Waals surface area (Å²) in [6.45, 7) is 3.80. The topological polar surface area (TPSA) is 54.8 Å². The van der Waals surface area contributed by atoms with Gasteiger partial charge in [-0.15, -0.1) is 0 Å². The van der Waals surface area contributed by atoms with Gasteiger partial charge in [-0.25, -0.2) is 18.7 Å². The fourth-order valence-electron chi connectivity index (χ4n) is 1.93. The minimum Gasteiger partial charge on any atom is -0.368 e. The number of hydrogen-bond donors (Lipinski definition) is 2. The van der Waals surface area contributed by atoms with Gasteiger partial charge in [0.1, 0.15) is 0 Å². The van der Waals surface area contributed by atoms with Crippen LogP contribution in [0.2, 0.25) is 0 Å². The largest absolute Gasteiger partial charge is 0.368 e. The zero-order valence-electron chi connectivity index (χ0n) is 11.9. The van der Waals surface area contributed by atoms with Gasteiger partial charge in [-0.2, -0.15) is 0 Å². The summed E-state index contributed by atoms with van der Waals surface area (Å²) in [5.74, 6) is -1.21. The first-order valence-corrected chi connectivity index (χ1v) is 7.00. The van der Waals surface area contributed by atoms with E-state index in [1.54, 1.807) is 12.5 Å². The van der Waals surface area contributed by atoms with Gasteiger partial charge in [0.25, 0.3) is 0 Å². The zero-order valence-corrected chi connectivity index (χ0v) is 11.9. The van der Waals surface area contributed by atoms with Crippen LogP contribution in [0.3, 0.4) is 0 Å². The molecular formula is C14H19F2N5. The maximum Gasteiger partial charge on any atom is 0.168 e. The number of imidazole rings is 1. The lowest BCUT2D eigenvalue weighted by molar-refractivity contribution is 0.576. The Kier molecular flexibility index (Phi) is 5.48. The van der Waals surface area contributed by atoms with Crippen LogP contribution in [0.15, 0.2) is 24.8 Å². The Morgan fingerprint density at radius 2 is 1.90 bits per heavy atom. The molecule has 2 heterocycles. The highest BCUT2D eigenvalue weighted by atomic mass is 19.1. The van der Waals surface area contributed by atoms with E-state index in [1.165, 1.54) is 0 Å². The maximum atomic E-state index is 13.6. The van der Waals surface area contributed by atoms with E-state index in [1.807, 2.05) is 17.7 Å². The molecule has 0 unspecified atom stereocenters. The molecule has 0 aliphatic rings. The lowest BCUT2D eigenvalue weighted by Gasteiger charge is -2.10. The minimum absolute atomic E-state index is 0.0693. The van der Waals surface area contributed by atoms with Crippen LogP contribution < -0.4 is 10.6 Å². The van der Waals surface area contributed by atoms with Crippen molar-refractivity contribution < 1.29 is 8.78 Å². The first-order valence-electron chi connectivity index (χ1n) is 7.00. The molecule has 0 spiro atoms. The molecule has 2 N–H and O–H groups in total. The molecule has 0 aromatic carbocycles. The van der Waals surface area contributed by atoms with E-state index in [0.29, 0.717) is 13.1 Å². The van der Waals surface area contributed by atoms with Crippen LogP contribution >= 0.6 is 0 Å². The number of halogens is 2. The summed E-state index contributed by atoms with van der Waals surface area (Å²) in [6.07, 6.45) is 7.19. The number of hydrogen-bond acceptors (Lipinski definition) is 4. The van der Waals surface area contributed by atoms with E-state index < -0.39 is 11.6 Å². The van der Waals surface area contributed by atoms with Crippen molar-refractivity contribution in [1.82, 2.24) is 14.5 Å². The van der Waals surface area contributed by atoms with Crippen molar-refractivity contribution in [2.24, 2.45) is 0 Å². The number of nitrogens with one attached hydrogen (secondary N) is 2. The SMILES string of the molecule is CCNc1nc(NCCCCn2ccnc2)c(F)cc1F. The monoisotopic (exact) mass is 295 g/mol. The molecule has 0 aliphatic carbocycles. The summed E-state index contributed by atoms with van der Waals surface area (Å²) in [5, 5.41) is 5.66. The van der Waals surface area contributed by atoms with Gasteiger partial charge in [0.15, 0.2) is 23.3 Å². The highest BCUT2D eigenvalue weighted by Gasteiger charge is 2.10. The quantitative estimate of drug-likeness (QED) is 0.735. The summed E-state index contributed by atoms with van der Waals surface area (Å²) in [4.78, 5) is 7.88. The van der Waals surface area contributed by atoms with E-state index in [9.17, 15) is 8.78 Å². The maximum absolute atomic E-state index is 13.6. The molecule has 5 nitrogen and oxygen atoms in total. The van der Waals surface area contributed by atoms with Crippen LogP contribution in [-0.2, 0) is 6.54 Å². The standard InChI is InChI=1S/C14H19F2N5/c1-2-18-13-11(15)9-12(16)14(20-13)19-5-3-4-7-21-8-6-17-10-21/h6,8-10H,2-5,7H2,1H3,(H2,18,19,20). The summed E-state index contributed by atoms with van der Waals surface area (Å²) < 4.78 is 29.0. The van der Waals surface area contributed by atoms with Crippen molar-refractivity contribution in [3.8, 4) is 0 Å². The Labute approximate surface area is 122 Å². The smallest absolute Gasteiger partial charge is 0.168 e. The third-order valence-corrected chi connectivity index (χ3v) is 2.97. The molecule has 0 bridgehead atoms. The first kappa shape index (κ1) is 15.2. The third kappa shape index (κ3) is 4.40. The highest BCUT2D eigenvalue weighted by molar-refractivity contribution is 5.47. The Morgan fingerprint density at radius 3 is 2.57 bits per heavy atom. The Hall–Kier alpha value is -2.18. The van der Waals surface area contributed by atoms with Crippen molar-refractivity contribution in [2.75, 3.05) is 23.7 Å². The van der Waals surface area contributed by atoms with Crippen molar-refractivity contribution in [3.05, 3.63) is 36.4 Å². The third-order valence-electron chi connectivity index (χ3n) is 2.97.